The molecule has 1 aliphatic carbocycles. The number of benzene rings is 1. The number of hydrogen-bond acceptors (Lipinski definition) is 1. The number of allylic oxidation sites excluding steroid dienone is 5. The normalized spacial score (nSPS) is 19.8. The third kappa shape index (κ3) is 4.46. The van der Waals surface area contributed by atoms with Crippen LogP contribution in [0.15, 0.2) is 59.7 Å². The predicted octanol–water partition coefficient (Wildman–Crippen LogP) is 5.92. The van der Waals surface area contributed by atoms with Crippen LogP contribution in [0.1, 0.15) is 45.6 Å². The maximum absolute atomic E-state index is 9.41. The van der Waals surface area contributed by atoms with Gasteiger partial charge in [0.25, 0.3) is 0 Å². The summed E-state index contributed by atoms with van der Waals surface area (Å²) in [7, 11) is 0. The van der Waals surface area contributed by atoms with Gasteiger partial charge in [-0.1, -0.05) is 69.3 Å². The quantitative estimate of drug-likeness (QED) is 0.500. The van der Waals surface area contributed by atoms with Gasteiger partial charge in [0, 0.05) is 0 Å². The van der Waals surface area contributed by atoms with Crippen LogP contribution in [0.5, 0.6) is 0 Å². The summed E-state index contributed by atoms with van der Waals surface area (Å²) in [5, 5.41) is 9.41. The summed E-state index contributed by atoms with van der Waals surface area (Å²) in [6.07, 6.45) is 11.5. The molecule has 2 rings (SSSR count). The lowest BCUT2D eigenvalue weighted by atomic mass is 9.72. The molecule has 0 fully saturated rings. The lowest BCUT2D eigenvalue weighted by Crippen LogP contribution is -2.22. The highest BCUT2D eigenvalue weighted by Gasteiger charge is 2.26. The molecular formula is C21H25N. The summed E-state index contributed by atoms with van der Waals surface area (Å²) in [6, 6.07) is 12.5. The average Bonchev–Trinajstić information content (AvgIpc) is 2.52. The third-order valence-electron chi connectivity index (χ3n) is 4.45. The molecular weight excluding hydrogens is 266 g/mol. The highest BCUT2D eigenvalue weighted by Crippen LogP contribution is 2.38. The Balaban J connectivity index is 2.07. The van der Waals surface area contributed by atoms with Crippen LogP contribution in [-0.4, -0.2) is 0 Å². The zero-order valence-electron chi connectivity index (χ0n) is 13.8. The van der Waals surface area contributed by atoms with Crippen LogP contribution in [0.25, 0.3) is 6.08 Å². The van der Waals surface area contributed by atoms with Crippen molar-refractivity contribution >= 4 is 6.08 Å². The van der Waals surface area contributed by atoms with Gasteiger partial charge in [-0.05, 0) is 47.8 Å². The van der Waals surface area contributed by atoms with Crippen LogP contribution in [0.2, 0.25) is 0 Å². The van der Waals surface area contributed by atoms with Crippen LogP contribution < -0.4 is 0 Å². The summed E-state index contributed by atoms with van der Waals surface area (Å²) in [5.41, 5.74) is 3.52. The van der Waals surface area contributed by atoms with E-state index in [0.717, 1.165) is 29.9 Å². The number of rotatable bonds is 3. The fourth-order valence-electron chi connectivity index (χ4n) is 2.90. The molecule has 0 heterocycles. The van der Waals surface area contributed by atoms with Gasteiger partial charge >= 0.3 is 0 Å². The second-order valence-corrected chi connectivity index (χ2v) is 7.03. The minimum Gasteiger partial charge on any atom is -0.192 e. The van der Waals surface area contributed by atoms with Gasteiger partial charge in [0.2, 0.25) is 0 Å². The molecule has 0 saturated carbocycles. The van der Waals surface area contributed by atoms with Crippen LogP contribution in [0, 0.1) is 22.7 Å². The van der Waals surface area contributed by atoms with E-state index in [2.05, 4.69) is 45.0 Å². The standard InChI is InChI=1S/C21H25N/c1-21(2,3)20-14-12-18(13-15-20)19(16-22)11-7-10-17-8-5-4-6-9-17/h4-12,20H,13-15H2,1-3H3. The molecule has 0 radical (unpaired) electrons. The van der Waals surface area contributed by atoms with Gasteiger partial charge in [-0.25, -0.2) is 0 Å². The van der Waals surface area contributed by atoms with E-state index >= 15 is 0 Å². The van der Waals surface area contributed by atoms with Crippen molar-refractivity contribution in [2.45, 2.75) is 40.0 Å². The Bertz CT molecular complexity index is 618. The molecule has 1 aliphatic rings. The molecule has 1 heteroatoms. The zero-order valence-corrected chi connectivity index (χ0v) is 13.8. The first kappa shape index (κ1) is 16.3. The number of nitrogens with zero attached hydrogens (tertiary/aromatic N) is 1. The summed E-state index contributed by atoms with van der Waals surface area (Å²) in [6.45, 7) is 6.92. The molecule has 0 saturated heterocycles. The van der Waals surface area contributed by atoms with Crippen LogP contribution in [0.4, 0.5) is 0 Å². The molecule has 0 spiro atoms. The molecule has 1 nitrogen and oxygen atoms in total. The topological polar surface area (TPSA) is 23.8 Å². The Hall–Kier alpha value is -2.07. The minimum atomic E-state index is 0.353. The van der Waals surface area contributed by atoms with Crippen molar-refractivity contribution in [3.8, 4) is 6.07 Å². The first-order chi connectivity index (χ1) is 10.5. The molecule has 0 bridgehead atoms. The summed E-state index contributed by atoms with van der Waals surface area (Å²) in [4.78, 5) is 0. The van der Waals surface area contributed by atoms with E-state index in [1.165, 1.54) is 12.0 Å². The monoisotopic (exact) mass is 291 g/mol. The van der Waals surface area contributed by atoms with E-state index in [1.54, 1.807) is 0 Å². The van der Waals surface area contributed by atoms with Crippen molar-refractivity contribution in [1.29, 1.82) is 5.26 Å². The van der Waals surface area contributed by atoms with Gasteiger partial charge in [0.15, 0.2) is 0 Å². The van der Waals surface area contributed by atoms with E-state index in [4.69, 9.17) is 0 Å². The highest BCUT2D eigenvalue weighted by molar-refractivity contribution is 5.54. The molecule has 22 heavy (non-hydrogen) atoms. The number of hydrogen-bond donors (Lipinski definition) is 0. The van der Waals surface area contributed by atoms with Gasteiger partial charge in [0.05, 0.1) is 11.6 Å². The lowest BCUT2D eigenvalue weighted by Gasteiger charge is -2.33. The summed E-state index contributed by atoms with van der Waals surface area (Å²) in [5.74, 6) is 0.719. The van der Waals surface area contributed by atoms with Crippen LogP contribution in [-0.2, 0) is 0 Å². The van der Waals surface area contributed by atoms with E-state index < -0.39 is 0 Å². The van der Waals surface area contributed by atoms with Crippen molar-refractivity contribution in [3.05, 3.63) is 65.3 Å². The summed E-state index contributed by atoms with van der Waals surface area (Å²) >= 11 is 0. The molecule has 1 unspecified atom stereocenters. The van der Waals surface area contributed by atoms with E-state index in [-0.39, 0.29) is 0 Å². The molecule has 0 amide bonds. The first-order valence-corrected chi connectivity index (χ1v) is 8.03. The molecule has 1 atom stereocenters. The first-order valence-electron chi connectivity index (χ1n) is 8.03. The molecule has 0 N–H and O–H groups in total. The van der Waals surface area contributed by atoms with E-state index in [0.29, 0.717) is 5.41 Å². The Kier molecular flexibility index (Phi) is 5.39. The van der Waals surface area contributed by atoms with Gasteiger partial charge in [0.1, 0.15) is 0 Å². The van der Waals surface area contributed by atoms with Crippen molar-refractivity contribution < 1.29 is 0 Å². The highest BCUT2D eigenvalue weighted by atomic mass is 14.3. The van der Waals surface area contributed by atoms with Crippen molar-refractivity contribution in [1.82, 2.24) is 0 Å². The SMILES string of the molecule is CC(C)(C)C1CC=C(C(C#N)=CC=Cc2ccccc2)CC1. The predicted molar refractivity (Wildman–Crippen MR) is 94.1 cm³/mol. The van der Waals surface area contributed by atoms with Gasteiger partial charge in [-0.2, -0.15) is 5.26 Å². The van der Waals surface area contributed by atoms with Crippen LogP contribution in [0.3, 0.4) is 0 Å². The molecule has 114 valence electrons. The van der Waals surface area contributed by atoms with E-state index in [9.17, 15) is 5.26 Å². The number of nitriles is 1. The van der Waals surface area contributed by atoms with E-state index in [1.807, 2.05) is 36.4 Å². The van der Waals surface area contributed by atoms with Gasteiger partial charge in [-0.15, -0.1) is 0 Å². The van der Waals surface area contributed by atoms with Crippen molar-refractivity contribution in [2.24, 2.45) is 11.3 Å². The third-order valence-corrected chi connectivity index (χ3v) is 4.45. The molecule has 0 aliphatic heterocycles. The fourth-order valence-corrected chi connectivity index (χ4v) is 2.90. The van der Waals surface area contributed by atoms with Crippen LogP contribution >= 0.6 is 0 Å². The largest absolute Gasteiger partial charge is 0.192 e. The van der Waals surface area contributed by atoms with Crippen molar-refractivity contribution in [2.75, 3.05) is 0 Å². The lowest BCUT2D eigenvalue weighted by molar-refractivity contribution is 0.221. The zero-order chi connectivity index (χ0) is 16.0. The Labute approximate surface area is 134 Å². The average molecular weight is 291 g/mol. The minimum absolute atomic E-state index is 0.353. The van der Waals surface area contributed by atoms with Gasteiger partial charge in [-0.3, -0.25) is 0 Å². The Morgan fingerprint density at radius 1 is 1.23 bits per heavy atom. The molecule has 1 aromatic rings. The molecule has 0 aromatic heterocycles. The maximum atomic E-state index is 9.41. The fraction of sp³-hybridized carbons (Fsp3) is 0.381. The smallest absolute Gasteiger partial charge is 0.0994 e. The van der Waals surface area contributed by atoms with Gasteiger partial charge < -0.3 is 0 Å². The summed E-state index contributed by atoms with van der Waals surface area (Å²) < 4.78 is 0. The Morgan fingerprint density at radius 3 is 2.50 bits per heavy atom. The Morgan fingerprint density at radius 2 is 1.95 bits per heavy atom. The maximum Gasteiger partial charge on any atom is 0.0994 e. The van der Waals surface area contributed by atoms with Crippen molar-refractivity contribution in [3.63, 3.8) is 0 Å². The second-order valence-electron chi connectivity index (χ2n) is 7.03. The second kappa shape index (κ2) is 7.27. The molecule has 1 aromatic carbocycles.